The summed E-state index contributed by atoms with van der Waals surface area (Å²) >= 11 is 0. The Hall–Kier alpha value is -1.74. The monoisotopic (exact) mass is 257 g/mol. The van der Waals surface area contributed by atoms with Crippen LogP contribution in [0.4, 0.5) is 11.6 Å². The van der Waals surface area contributed by atoms with E-state index in [0.29, 0.717) is 0 Å². The van der Waals surface area contributed by atoms with Gasteiger partial charge in [0.2, 0.25) is 15.9 Å². The van der Waals surface area contributed by atoms with E-state index in [1.807, 2.05) is 0 Å². The number of carbonyl (C=O) groups excluding carboxylic acids is 1. The maximum Gasteiger partial charge on any atom is 0.229 e. The molecule has 1 unspecified atom stereocenters. The highest BCUT2D eigenvalue weighted by Crippen LogP contribution is 2.22. The second-order valence-electron chi connectivity index (χ2n) is 3.72. The zero-order chi connectivity index (χ0) is 12.6. The van der Waals surface area contributed by atoms with Crippen molar-refractivity contribution >= 4 is 27.6 Å². The summed E-state index contributed by atoms with van der Waals surface area (Å²) < 4.78 is 22.3. The van der Waals surface area contributed by atoms with Crippen molar-refractivity contribution in [2.24, 2.45) is 5.14 Å². The largest absolute Gasteiger partial charge is 0.384 e. The summed E-state index contributed by atoms with van der Waals surface area (Å²) in [7, 11) is -3.72. The predicted octanol–water partition coefficient (Wildman–Crippen LogP) is -1.55. The number of primary sulfonamides is 1. The van der Waals surface area contributed by atoms with Gasteiger partial charge in [0, 0.05) is 19.0 Å². The highest BCUT2D eigenvalue weighted by Gasteiger charge is 2.37. The summed E-state index contributed by atoms with van der Waals surface area (Å²) in [5.41, 5.74) is 5.46. The molecule has 9 heteroatoms. The van der Waals surface area contributed by atoms with Crippen molar-refractivity contribution in [1.82, 2.24) is 9.97 Å². The third kappa shape index (κ3) is 2.34. The van der Waals surface area contributed by atoms with Gasteiger partial charge in [0.15, 0.2) is 0 Å². The van der Waals surface area contributed by atoms with Gasteiger partial charge in [0.25, 0.3) is 0 Å². The Morgan fingerprint density at radius 2 is 2.12 bits per heavy atom. The molecule has 8 nitrogen and oxygen atoms in total. The van der Waals surface area contributed by atoms with E-state index in [9.17, 15) is 13.2 Å². The first-order valence-corrected chi connectivity index (χ1v) is 6.38. The number of sulfonamides is 1. The molecule has 0 aliphatic carbocycles. The second kappa shape index (κ2) is 3.93. The summed E-state index contributed by atoms with van der Waals surface area (Å²) in [6.45, 7) is -0.00583. The molecule has 0 saturated carbocycles. The minimum atomic E-state index is -3.72. The first-order valence-electron chi connectivity index (χ1n) is 4.77. The quantitative estimate of drug-likeness (QED) is 0.659. The standard InChI is InChI=1S/C8H11N5O3S/c9-6-2-7(12-4-11-6)13-3-5(1-8(13)14)17(10,15)16/h2,4-5H,1,3H2,(H2,9,11,12)(H2,10,15,16). The fraction of sp³-hybridized carbons (Fsp3) is 0.375. The number of aromatic nitrogens is 2. The molecule has 0 spiro atoms. The smallest absolute Gasteiger partial charge is 0.229 e. The molecule has 0 radical (unpaired) electrons. The van der Waals surface area contributed by atoms with Gasteiger partial charge in [0.1, 0.15) is 23.2 Å². The van der Waals surface area contributed by atoms with Gasteiger partial charge in [-0.25, -0.2) is 23.5 Å². The normalized spacial score (nSPS) is 20.9. The van der Waals surface area contributed by atoms with Crippen LogP contribution in [0.25, 0.3) is 0 Å². The van der Waals surface area contributed by atoms with Crippen molar-refractivity contribution in [2.75, 3.05) is 17.2 Å². The molecule has 1 aromatic rings. The molecule has 1 aliphatic rings. The Labute approximate surface area is 97.7 Å². The molecule has 1 amide bonds. The van der Waals surface area contributed by atoms with Gasteiger partial charge in [-0.05, 0) is 0 Å². The van der Waals surface area contributed by atoms with Gasteiger partial charge in [-0.15, -0.1) is 0 Å². The fourth-order valence-electron chi connectivity index (χ4n) is 1.63. The van der Waals surface area contributed by atoms with E-state index >= 15 is 0 Å². The highest BCUT2D eigenvalue weighted by atomic mass is 32.2. The topological polar surface area (TPSA) is 132 Å². The van der Waals surface area contributed by atoms with Crippen molar-refractivity contribution in [1.29, 1.82) is 0 Å². The number of carbonyl (C=O) groups is 1. The lowest BCUT2D eigenvalue weighted by molar-refractivity contribution is -0.117. The van der Waals surface area contributed by atoms with E-state index in [1.165, 1.54) is 17.3 Å². The minimum Gasteiger partial charge on any atom is -0.384 e. The van der Waals surface area contributed by atoms with Crippen LogP contribution in [0.3, 0.4) is 0 Å². The Morgan fingerprint density at radius 3 is 2.65 bits per heavy atom. The average Bonchev–Trinajstić information content (AvgIpc) is 2.60. The van der Waals surface area contributed by atoms with Crippen LogP contribution in [-0.2, 0) is 14.8 Å². The van der Waals surface area contributed by atoms with Crippen LogP contribution < -0.4 is 15.8 Å². The van der Waals surface area contributed by atoms with Crippen LogP contribution >= 0.6 is 0 Å². The number of hydrogen-bond acceptors (Lipinski definition) is 6. The van der Waals surface area contributed by atoms with Crippen molar-refractivity contribution in [2.45, 2.75) is 11.7 Å². The Balaban J connectivity index is 2.28. The minimum absolute atomic E-state index is 0.00583. The summed E-state index contributed by atoms with van der Waals surface area (Å²) in [4.78, 5) is 20.4. The van der Waals surface area contributed by atoms with Gasteiger partial charge >= 0.3 is 0 Å². The molecular formula is C8H11N5O3S. The van der Waals surface area contributed by atoms with Crippen molar-refractivity contribution in [3.8, 4) is 0 Å². The number of nitrogens with zero attached hydrogens (tertiary/aromatic N) is 3. The van der Waals surface area contributed by atoms with Gasteiger partial charge in [-0.1, -0.05) is 0 Å². The third-order valence-corrected chi connectivity index (χ3v) is 3.75. The van der Waals surface area contributed by atoms with E-state index in [0.717, 1.165) is 0 Å². The van der Waals surface area contributed by atoms with Crippen molar-refractivity contribution in [3.05, 3.63) is 12.4 Å². The molecule has 1 saturated heterocycles. The zero-order valence-corrected chi connectivity index (χ0v) is 9.59. The summed E-state index contributed by atoms with van der Waals surface area (Å²) in [6, 6.07) is 1.41. The molecule has 4 N–H and O–H groups in total. The lowest BCUT2D eigenvalue weighted by atomic mass is 10.4. The molecule has 2 heterocycles. The first-order chi connectivity index (χ1) is 7.88. The Morgan fingerprint density at radius 1 is 1.41 bits per heavy atom. The van der Waals surface area contributed by atoms with Crippen LogP contribution in [-0.4, -0.2) is 36.1 Å². The number of rotatable bonds is 2. The first kappa shape index (κ1) is 11.7. The molecule has 2 rings (SSSR count). The van der Waals surface area contributed by atoms with Gasteiger partial charge < -0.3 is 5.73 Å². The number of hydrogen-bond donors (Lipinski definition) is 2. The SMILES string of the molecule is Nc1cc(N2CC(S(N)(=O)=O)CC2=O)ncn1. The molecule has 0 bridgehead atoms. The van der Waals surface area contributed by atoms with E-state index < -0.39 is 15.3 Å². The molecule has 1 atom stereocenters. The van der Waals surface area contributed by atoms with E-state index in [1.54, 1.807) is 0 Å². The molecule has 1 fully saturated rings. The molecule has 0 aromatic carbocycles. The van der Waals surface area contributed by atoms with E-state index in [-0.39, 0.29) is 30.5 Å². The molecular weight excluding hydrogens is 246 g/mol. The van der Waals surface area contributed by atoms with E-state index in [4.69, 9.17) is 10.9 Å². The van der Waals surface area contributed by atoms with Crippen molar-refractivity contribution in [3.63, 3.8) is 0 Å². The second-order valence-corrected chi connectivity index (χ2v) is 5.57. The lowest BCUT2D eigenvalue weighted by Gasteiger charge is -2.14. The van der Waals surface area contributed by atoms with Crippen LogP contribution in [0, 0.1) is 0 Å². The van der Waals surface area contributed by atoms with Gasteiger partial charge in [-0.2, -0.15) is 0 Å². The summed E-state index contributed by atoms with van der Waals surface area (Å²) in [6.07, 6.45) is 1.07. The molecule has 1 aliphatic heterocycles. The number of anilines is 2. The van der Waals surface area contributed by atoms with Crippen LogP contribution in [0.2, 0.25) is 0 Å². The van der Waals surface area contributed by atoms with Crippen LogP contribution in [0.1, 0.15) is 6.42 Å². The lowest BCUT2D eigenvalue weighted by Crippen LogP contribution is -2.32. The van der Waals surface area contributed by atoms with Crippen LogP contribution in [0.5, 0.6) is 0 Å². The molecule has 1 aromatic heterocycles. The zero-order valence-electron chi connectivity index (χ0n) is 8.78. The third-order valence-electron chi connectivity index (χ3n) is 2.50. The number of amides is 1. The molecule has 92 valence electrons. The fourth-order valence-corrected chi connectivity index (χ4v) is 2.36. The summed E-state index contributed by atoms with van der Waals surface area (Å²) in [5.74, 6) is 0.151. The van der Waals surface area contributed by atoms with Gasteiger partial charge in [0.05, 0.1) is 0 Å². The molecule has 17 heavy (non-hydrogen) atoms. The number of nitrogen functional groups attached to an aromatic ring is 1. The Bertz CT molecular complexity index is 558. The highest BCUT2D eigenvalue weighted by molar-refractivity contribution is 7.89. The maximum absolute atomic E-state index is 11.6. The number of nitrogens with two attached hydrogens (primary N) is 2. The van der Waals surface area contributed by atoms with E-state index in [2.05, 4.69) is 9.97 Å². The average molecular weight is 257 g/mol. The van der Waals surface area contributed by atoms with Crippen LogP contribution in [0.15, 0.2) is 12.4 Å². The summed E-state index contributed by atoms with van der Waals surface area (Å²) in [5, 5.41) is 4.11. The van der Waals surface area contributed by atoms with Crippen molar-refractivity contribution < 1.29 is 13.2 Å². The Kier molecular flexibility index (Phi) is 2.71. The predicted molar refractivity (Wildman–Crippen MR) is 60.3 cm³/mol. The van der Waals surface area contributed by atoms with Gasteiger partial charge in [-0.3, -0.25) is 9.69 Å². The maximum atomic E-state index is 11.6.